The number of primary amides is 1. The first-order chi connectivity index (χ1) is 10.6. The molecule has 2 amide bonds. The lowest BCUT2D eigenvalue weighted by Gasteiger charge is -2.09. The zero-order chi connectivity index (χ0) is 15.9. The molecule has 1 aromatic carbocycles. The summed E-state index contributed by atoms with van der Waals surface area (Å²) in [5.74, 6) is -0.704. The van der Waals surface area contributed by atoms with Crippen LogP contribution in [0.15, 0.2) is 30.5 Å². The summed E-state index contributed by atoms with van der Waals surface area (Å²) in [5, 5.41) is 3.14. The van der Waals surface area contributed by atoms with Gasteiger partial charge in [-0.3, -0.25) is 14.9 Å². The van der Waals surface area contributed by atoms with Crippen molar-refractivity contribution >= 4 is 28.3 Å². The Labute approximate surface area is 131 Å². The first kappa shape index (κ1) is 15.9. The molecule has 0 atom stereocenters. The first-order valence-electron chi connectivity index (χ1n) is 6.35. The van der Waals surface area contributed by atoms with Crippen LogP contribution >= 0.6 is 11.3 Å². The van der Waals surface area contributed by atoms with E-state index in [1.807, 2.05) is 0 Å². The number of rotatable bonds is 7. The van der Waals surface area contributed by atoms with E-state index in [1.54, 1.807) is 37.6 Å². The number of para-hydroxylation sites is 1. The van der Waals surface area contributed by atoms with Gasteiger partial charge in [0, 0.05) is 13.3 Å². The molecular weight excluding hydrogens is 306 g/mol. The van der Waals surface area contributed by atoms with Gasteiger partial charge in [0.15, 0.2) is 11.7 Å². The normalized spacial score (nSPS) is 10.2. The molecule has 0 bridgehead atoms. The second kappa shape index (κ2) is 7.53. The third-order valence-corrected chi connectivity index (χ3v) is 3.45. The highest BCUT2D eigenvalue weighted by molar-refractivity contribution is 7.15. The molecule has 2 aromatic rings. The van der Waals surface area contributed by atoms with Crippen molar-refractivity contribution in [1.29, 1.82) is 0 Å². The van der Waals surface area contributed by atoms with Gasteiger partial charge >= 0.3 is 0 Å². The fourth-order valence-electron chi connectivity index (χ4n) is 1.67. The Balaban J connectivity index is 2.09. The number of hydrogen-bond acceptors (Lipinski definition) is 6. The lowest BCUT2D eigenvalue weighted by atomic mass is 10.2. The van der Waals surface area contributed by atoms with Crippen LogP contribution in [-0.2, 0) is 16.1 Å². The fraction of sp³-hybridized carbons (Fsp3) is 0.214. The molecule has 0 unspecified atom stereocenters. The summed E-state index contributed by atoms with van der Waals surface area (Å²) in [6.07, 6.45) is 1.64. The molecule has 0 aliphatic rings. The molecule has 0 spiro atoms. The van der Waals surface area contributed by atoms with E-state index in [4.69, 9.17) is 15.2 Å². The molecule has 8 heteroatoms. The van der Waals surface area contributed by atoms with E-state index < -0.39 is 5.91 Å². The smallest absolute Gasteiger partial charge is 0.261 e. The highest BCUT2D eigenvalue weighted by Crippen LogP contribution is 2.22. The van der Waals surface area contributed by atoms with Crippen LogP contribution in [0.25, 0.3) is 0 Å². The highest BCUT2D eigenvalue weighted by Gasteiger charge is 2.14. The molecule has 0 radical (unpaired) electrons. The number of nitrogens with two attached hydrogens (primary N) is 1. The number of nitrogens with zero attached hydrogens (tertiary/aromatic N) is 1. The van der Waals surface area contributed by atoms with Crippen molar-refractivity contribution in [3.63, 3.8) is 0 Å². The molecule has 0 aliphatic carbocycles. The fourth-order valence-corrected chi connectivity index (χ4v) is 2.45. The maximum atomic E-state index is 12.3. The molecule has 0 fully saturated rings. The zero-order valence-corrected chi connectivity index (χ0v) is 12.7. The van der Waals surface area contributed by atoms with E-state index in [2.05, 4.69) is 10.3 Å². The molecule has 0 saturated carbocycles. The summed E-state index contributed by atoms with van der Waals surface area (Å²) in [6, 6.07) is 6.59. The predicted molar refractivity (Wildman–Crippen MR) is 81.9 cm³/mol. The molecule has 1 heterocycles. The van der Waals surface area contributed by atoms with Crippen LogP contribution in [0.1, 0.15) is 15.2 Å². The maximum Gasteiger partial charge on any atom is 0.261 e. The number of thiazole rings is 1. The standard InChI is InChI=1S/C14H15N3O4S/c1-20-7-9-6-16-14(22-9)17-13(19)10-4-2-3-5-11(10)21-8-12(15)18/h2-6H,7-8H2,1H3,(H2,15,18)(H,16,17,19). The van der Waals surface area contributed by atoms with Gasteiger partial charge in [-0.1, -0.05) is 23.5 Å². The van der Waals surface area contributed by atoms with Gasteiger partial charge in [0.2, 0.25) is 0 Å². The summed E-state index contributed by atoms with van der Waals surface area (Å²) in [7, 11) is 1.59. The summed E-state index contributed by atoms with van der Waals surface area (Å²) in [4.78, 5) is 28.1. The van der Waals surface area contributed by atoms with E-state index in [-0.39, 0.29) is 18.3 Å². The van der Waals surface area contributed by atoms with Crippen molar-refractivity contribution in [3.05, 3.63) is 40.9 Å². The average Bonchev–Trinajstić information content (AvgIpc) is 2.93. The highest BCUT2D eigenvalue weighted by atomic mass is 32.1. The van der Waals surface area contributed by atoms with Crippen molar-refractivity contribution in [3.8, 4) is 5.75 Å². The molecule has 3 N–H and O–H groups in total. The lowest BCUT2D eigenvalue weighted by molar-refractivity contribution is -0.119. The molecule has 0 saturated heterocycles. The number of aromatic nitrogens is 1. The number of hydrogen-bond donors (Lipinski definition) is 2. The van der Waals surface area contributed by atoms with Crippen molar-refractivity contribution in [2.45, 2.75) is 6.61 Å². The monoisotopic (exact) mass is 321 g/mol. The van der Waals surface area contributed by atoms with E-state index in [1.165, 1.54) is 11.3 Å². The summed E-state index contributed by atoms with van der Waals surface area (Å²) in [6.45, 7) is 0.144. The Morgan fingerprint density at radius 1 is 1.36 bits per heavy atom. The van der Waals surface area contributed by atoms with Crippen LogP contribution in [0.3, 0.4) is 0 Å². The Kier molecular flexibility index (Phi) is 5.45. The van der Waals surface area contributed by atoms with Crippen LogP contribution in [-0.4, -0.2) is 30.5 Å². The van der Waals surface area contributed by atoms with Gasteiger partial charge in [-0.05, 0) is 12.1 Å². The van der Waals surface area contributed by atoms with Gasteiger partial charge in [0.25, 0.3) is 11.8 Å². The SMILES string of the molecule is COCc1cnc(NC(=O)c2ccccc2OCC(N)=O)s1. The Morgan fingerprint density at radius 2 is 2.14 bits per heavy atom. The van der Waals surface area contributed by atoms with E-state index in [9.17, 15) is 9.59 Å². The molecule has 22 heavy (non-hydrogen) atoms. The zero-order valence-electron chi connectivity index (χ0n) is 11.9. The van der Waals surface area contributed by atoms with Gasteiger partial charge in [-0.2, -0.15) is 0 Å². The quantitative estimate of drug-likeness (QED) is 0.802. The minimum Gasteiger partial charge on any atom is -0.483 e. The van der Waals surface area contributed by atoms with Gasteiger partial charge in [0.1, 0.15) is 5.75 Å². The minimum absolute atomic E-state index is 0.285. The largest absolute Gasteiger partial charge is 0.483 e. The second-order valence-corrected chi connectivity index (χ2v) is 5.39. The number of amides is 2. The third kappa shape index (κ3) is 4.27. The van der Waals surface area contributed by atoms with E-state index in [0.717, 1.165) is 4.88 Å². The van der Waals surface area contributed by atoms with Crippen LogP contribution in [0, 0.1) is 0 Å². The van der Waals surface area contributed by atoms with Crippen molar-refractivity contribution in [2.24, 2.45) is 5.73 Å². The molecule has 7 nitrogen and oxygen atoms in total. The summed E-state index contributed by atoms with van der Waals surface area (Å²) in [5.41, 5.74) is 5.33. The molecule has 0 aliphatic heterocycles. The van der Waals surface area contributed by atoms with E-state index in [0.29, 0.717) is 17.3 Å². The minimum atomic E-state index is -0.612. The van der Waals surface area contributed by atoms with Crippen LogP contribution < -0.4 is 15.8 Å². The predicted octanol–water partition coefficient (Wildman–Crippen LogP) is 1.41. The average molecular weight is 321 g/mol. The topological polar surface area (TPSA) is 104 Å². The molecular formula is C14H15N3O4S. The van der Waals surface area contributed by atoms with Crippen molar-refractivity contribution < 1.29 is 19.1 Å². The molecule has 2 rings (SSSR count). The van der Waals surface area contributed by atoms with Gasteiger partial charge in [-0.25, -0.2) is 4.98 Å². The van der Waals surface area contributed by atoms with E-state index >= 15 is 0 Å². The first-order valence-corrected chi connectivity index (χ1v) is 7.17. The Morgan fingerprint density at radius 3 is 2.86 bits per heavy atom. The number of carbonyl (C=O) groups excluding carboxylic acids is 2. The number of anilines is 1. The lowest BCUT2D eigenvalue weighted by Crippen LogP contribution is -2.21. The van der Waals surface area contributed by atoms with Crippen LogP contribution in [0.4, 0.5) is 5.13 Å². The number of methoxy groups -OCH3 is 1. The maximum absolute atomic E-state index is 12.3. The van der Waals surface area contributed by atoms with Crippen molar-refractivity contribution in [2.75, 3.05) is 19.0 Å². The van der Waals surface area contributed by atoms with Gasteiger partial charge < -0.3 is 15.2 Å². The third-order valence-electron chi connectivity index (χ3n) is 2.56. The van der Waals surface area contributed by atoms with Gasteiger partial charge in [-0.15, -0.1) is 0 Å². The molecule has 1 aromatic heterocycles. The summed E-state index contributed by atoms with van der Waals surface area (Å²) >= 11 is 1.32. The summed E-state index contributed by atoms with van der Waals surface area (Å²) < 4.78 is 10.2. The Hall–Kier alpha value is -2.45. The number of ether oxygens (including phenoxy) is 2. The second-order valence-electron chi connectivity index (χ2n) is 4.27. The number of carbonyl (C=O) groups is 2. The van der Waals surface area contributed by atoms with Crippen LogP contribution in [0.2, 0.25) is 0 Å². The van der Waals surface area contributed by atoms with Crippen LogP contribution in [0.5, 0.6) is 5.75 Å². The molecule has 116 valence electrons. The van der Waals surface area contributed by atoms with Gasteiger partial charge in [0.05, 0.1) is 17.0 Å². The van der Waals surface area contributed by atoms with Crippen molar-refractivity contribution in [1.82, 2.24) is 4.98 Å². The Bertz CT molecular complexity index is 672. The number of nitrogens with one attached hydrogen (secondary N) is 1. The number of benzene rings is 1.